The van der Waals surface area contributed by atoms with Crippen LogP contribution in [-0.2, 0) is 4.79 Å². The molecule has 2 rings (SSSR count). The normalized spacial score (nSPS) is 11.8. The molecular weight excluding hydrogens is 342 g/mol. The van der Waals surface area contributed by atoms with Gasteiger partial charge in [-0.15, -0.1) is 11.3 Å². The van der Waals surface area contributed by atoms with Gasteiger partial charge < -0.3 is 10.4 Å². The molecule has 0 bridgehead atoms. The second-order valence-electron chi connectivity index (χ2n) is 4.15. The van der Waals surface area contributed by atoms with Crippen LogP contribution in [0.4, 0.5) is 0 Å². The molecule has 1 aromatic carbocycles. The van der Waals surface area contributed by atoms with Crippen molar-refractivity contribution in [1.29, 1.82) is 0 Å². The molecule has 4 nitrogen and oxygen atoms in total. The van der Waals surface area contributed by atoms with Crippen molar-refractivity contribution in [2.45, 2.75) is 12.5 Å². The van der Waals surface area contributed by atoms with Gasteiger partial charge in [-0.25, -0.2) is 0 Å². The summed E-state index contributed by atoms with van der Waals surface area (Å²) in [4.78, 5) is 23.9. The van der Waals surface area contributed by atoms with Gasteiger partial charge in [-0.05, 0) is 35.7 Å². The number of hydrogen-bond donors (Lipinski definition) is 2. The third-order valence-corrected chi connectivity index (χ3v) is 4.19. The van der Waals surface area contributed by atoms with Crippen molar-refractivity contribution < 1.29 is 14.7 Å². The van der Waals surface area contributed by atoms with Gasteiger partial charge in [-0.2, -0.15) is 0 Å². The zero-order valence-electron chi connectivity index (χ0n) is 10.4. The van der Waals surface area contributed by atoms with Crippen LogP contribution < -0.4 is 5.32 Å². The predicted molar refractivity (Wildman–Crippen MR) is 80.9 cm³/mol. The first-order valence-corrected chi connectivity index (χ1v) is 7.55. The van der Waals surface area contributed by atoms with Crippen LogP contribution in [0.2, 0.25) is 0 Å². The summed E-state index contributed by atoms with van der Waals surface area (Å²) in [7, 11) is 0. The van der Waals surface area contributed by atoms with Crippen molar-refractivity contribution in [2.75, 3.05) is 0 Å². The molecule has 0 spiro atoms. The minimum atomic E-state index is -0.945. The lowest BCUT2D eigenvalue weighted by atomic mass is 10.1. The van der Waals surface area contributed by atoms with Crippen molar-refractivity contribution in [3.63, 3.8) is 0 Å². The van der Waals surface area contributed by atoms with E-state index in [1.54, 1.807) is 24.3 Å². The summed E-state index contributed by atoms with van der Waals surface area (Å²) >= 11 is 4.73. The Bertz CT molecular complexity index is 595. The molecule has 0 saturated carbocycles. The number of carbonyl (C=O) groups excluding carboxylic acids is 1. The lowest BCUT2D eigenvalue weighted by molar-refractivity contribution is -0.137. The van der Waals surface area contributed by atoms with E-state index in [0.717, 1.165) is 9.35 Å². The van der Waals surface area contributed by atoms with E-state index in [9.17, 15) is 9.59 Å². The number of hydrogen-bond acceptors (Lipinski definition) is 3. The maximum Gasteiger partial charge on any atom is 0.305 e. The van der Waals surface area contributed by atoms with Gasteiger partial charge in [0.05, 0.1) is 12.5 Å². The molecule has 2 aromatic rings. The summed E-state index contributed by atoms with van der Waals surface area (Å²) in [6, 6.07) is 10.1. The van der Waals surface area contributed by atoms with Crippen LogP contribution in [-0.4, -0.2) is 17.0 Å². The van der Waals surface area contributed by atoms with E-state index < -0.39 is 12.0 Å². The SMILES string of the molecule is O=C(O)CC(NC(=O)c1ccc(Br)cc1)c1cccs1. The lowest BCUT2D eigenvalue weighted by Crippen LogP contribution is -2.29. The van der Waals surface area contributed by atoms with E-state index in [0.29, 0.717) is 5.56 Å². The zero-order valence-corrected chi connectivity index (χ0v) is 12.8. The average molecular weight is 354 g/mol. The first-order valence-electron chi connectivity index (χ1n) is 5.88. The number of carboxylic acid groups (broad SMARTS) is 1. The Morgan fingerprint density at radius 1 is 1.25 bits per heavy atom. The molecule has 0 aliphatic carbocycles. The van der Waals surface area contributed by atoms with Crippen LogP contribution in [0.25, 0.3) is 0 Å². The maximum absolute atomic E-state index is 12.1. The van der Waals surface area contributed by atoms with Gasteiger partial charge in [0.25, 0.3) is 5.91 Å². The summed E-state index contributed by atoms with van der Waals surface area (Å²) in [6.45, 7) is 0. The van der Waals surface area contributed by atoms with E-state index >= 15 is 0 Å². The van der Waals surface area contributed by atoms with E-state index in [1.165, 1.54) is 11.3 Å². The quantitative estimate of drug-likeness (QED) is 0.864. The molecule has 1 amide bonds. The highest BCUT2D eigenvalue weighted by Gasteiger charge is 2.19. The Morgan fingerprint density at radius 3 is 2.50 bits per heavy atom. The third kappa shape index (κ3) is 3.91. The van der Waals surface area contributed by atoms with Crippen LogP contribution in [0.3, 0.4) is 0 Å². The van der Waals surface area contributed by atoms with E-state index in [2.05, 4.69) is 21.2 Å². The predicted octanol–water partition coefficient (Wildman–Crippen LogP) is 3.46. The largest absolute Gasteiger partial charge is 0.481 e. The summed E-state index contributed by atoms with van der Waals surface area (Å²) in [6.07, 6.45) is -0.136. The average Bonchev–Trinajstić information content (AvgIpc) is 2.92. The number of amides is 1. The molecular formula is C14H12BrNO3S. The van der Waals surface area contributed by atoms with E-state index in [4.69, 9.17) is 5.11 Å². The van der Waals surface area contributed by atoms with Crippen LogP contribution in [0.15, 0.2) is 46.3 Å². The van der Waals surface area contributed by atoms with Crippen molar-refractivity contribution in [3.05, 3.63) is 56.7 Å². The Labute approximate surface area is 128 Å². The minimum absolute atomic E-state index is 0.136. The fourth-order valence-electron chi connectivity index (χ4n) is 1.73. The second kappa shape index (κ2) is 6.67. The minimum Gasteiger partial charge on any atom is -0.481 e. The zero-order chi connectivity index (χ0) is 14.5. The molecule has 1 unspecified atom stereocenters. The van der Waals surface area contributed by atoms with Crippen LogP contribution >= 0.6 is 27.3 Å². The van der Waals surface area contributed by atoms with Gasteiger partial charge >= 0.3 is 5.97 Å². The van der Waals surface area contributed by atoms with Crippen molar-refractivity contribution in [2.24, 2.45) is 0 Å². The molecule has 0 fully saturated rings. The Balaban J connectivity index is 2.13. The van der Waals surface area contributed by atoms with Crippen LogP contribution in [0, 0.1) is 0 Å². The lowest BCUT2D eigenvalue weighted by Gasteiger charge is -2.15. The molecule has 104 valence electrons. The molecule has 6 heteroatoms. The molecule has 0 saturated heterocycles. The Morgan fingerprint density at radius 2 is 1.95 bits per heavy atom. The van der Waals surface area contributed by atoms with Gasteiger partial charge in [-0.3, -0.25) is 9.59 Å². The number of carbonyl (C=O) groups is 2. The van der Waals surface area contributed by atoms with Gasteiger partial charge in [0.1, 0.15) is 0 Å². The van der Waals surface area contributed by atoms with Gasteiger partial charge in [0.15, 0.2) is 0 Å². The Hall–Kier alpha value is -1.66. The number of nitrogens with one attached hydrogen (secondary N) is 1. The van der Waals surface area contributed by atoms with Crippen molar-refractivity contribution >= 4 is 39.1 Å². The number of carboxylic acids is 1. The van der Waals surface area contributed by atoms with Crippen LogP contribution in [0.5, 0.6) is 0 Å². The number of rotatable bonds is 5. The highest BCUT2D eigenvalue weighted by Crippen LogP contribution is 2.22. The number of halogens is 1. The van der Waals surface area contributed by atoms with Gasteiger partial charge in [0, 0.05) is 14.9 Å². The van der Waals surface area contributed by atoms with Crippen molar-refractivity contribution in [1.82, 2.24) is 5.32 Å². The second-order valence-corrected chi connectivity index (χ2v) is 6.04. The molecule has 1 aromatic heterocycles. The molecule has 1 atom stereocenters. The highest BCUT2D eigenvalue weighted by molar-refractivity contribution is 9.10. The molecule has 2 N–H and O–H groups in total. The maximum atomic E-state index is 12.1. The van der Waals surface area contributed by atoms with Gasteiger partial charge in [-0.1, -0.05) is 22.0 Å². The van der Waals surface area contributed by atoms with Crippen LogP contribution in [0.1, 0.15) is 27.7 Å². The van der Waals surface area contributed by atoms with E-state index in [-0.39, 0.29) is 12.3 Å². The summed E-state index contributed by atoms with van der Waals surface area (Å²) in [5, 5.41) is 13.6. The topological polar surface area (TPSA) is 66.4 Å². The molecule has 0 radical (unpaired) electrons. The van der Waals surface area contributed by atoms with Crippen molar-refractivity contribution in [3.8, 4) is 0 Å². The van der Waals surface area contributed by atoms with E-state index in [1.807, 2.05) is 17.5 Å². The molecule has 0 aliphatic heterocycles. The first-order chi connectivity index (χ1) is 9.56. The summed E-state index contributed by atoms with van der Waals surface area (Å²) in [5.41, 5.74) is 0.500. The number of benzene rings is 1. The number of thiophene rings is 1. The molecule has 0 aliphatic rings. The first kappa shape index (κ1) is 14.7. The monoisotopic (exact) mass is 353 g/mol. The fourth-order valence-corrected chi connectivity index (χ4v) is 2.77. The summed E-state index contributed by atoms with van der Waals surface area (Å²) < 4.78 is 0.884. The number of aliphatic carboxylic acids is 1. The van der Waals surface area contributed by atoms with Gasteiger partial charge in [0.2, 0.25) is 0 Å². The smallest absolute Gasteiger partial charge is 0.305 e. The summed E-state index contributed by atoms with van der Waals surface area (Å²) in [5.74, 6) is -1.23. The Kier molecular flexibility index (Phi) is 4.92. The molecule has 20 heavy (non-hydrogen) atoms. The standard InChI is InChI=1S/C14H12BrNO3S/c15-10-5-3-9(4-6-10)14(19)16-11(8-13(17)18)12-2-1-7-20-12/h1-7,11H,8H2,(H,16,19)(H,17,18). The third-order valence-electron chi connectivity index (χ3n) is 2.68. The molecule has 1 heterocycles. The highest BCUT2D eigenvalue weighted by atomic mass is 79.9. The fraction of sp³-hybridized carbons (Fsp3) is 0.143.